The van der Waals surface area contributed by atoms with Crippen LogP contribution in [0.25, 0.3) is 9.88 Å². The fourth-order valence-corrected chi connectivity index (χ4v) is 3.47. The van der Waals surface area contributed by atoms with Crippen LogP contribution in [0.5, 0.6) is 5.75 Å². The van der Waals surface area contributed by atoms with Crippen LogP contribution in [0.15, 0.2) is 11.4 Å². The second-order valence-electron chi connectivity index (χ2n) is 3.55. The third kappa shape index (κ3) is 2.65. The Balaban J connectivity index is 2.22. The van der Waals surface area contributed by atoms with Crippen molar-refractivity contribution in [3.8, 4) is 15.6 Å². The van der Waals surface area contributed by atoms with Crippen LogP contribution in [0.2, 0.25) is 0 Å². The van der Waals surface area contributed by atoms with E-state index in [1.807, 2.05) is 18.5 Å². The molecule has 1 N–H and O–H groups in total. The van der Waals surface area contributed by atoms with Gasteiger partial charge in [0.1, 0.15) is 10.8 Å². The molecule has 0 aliphatic carbocycles. The molecule has 92 valence electrons. The molecular formula is C11H15N3OS2. The van der Waals surface area contributed by atoms with Gasteiger partial charge in [-0.05, 0) is 13.5 Å². The molecule has 4 nitrogen and oxygen atoms in total. The van der Waals surface area contributed by atoms with Gasteiger partial charge in [-0.25, -0.2) is 0 Å². The third-order valence-electron chi connectivity index (χ3n) is 2.52. The van der Waals surface area contributed by atoms with Crippen molar-refractivity contribution in [3.63, 3.8) is 0 Å². The molecule has 2 aromatic rings. The predicted octanol–water partition coefficient (Wildman–Crippen LogP) is 2.95. The topological polar surface area (TPSA) is 47.0 Å². The van der Waals surface area contributed by atoms with E-state index in [0.717, 1.165) is 27.1 Å². The second kappa shape index (κ2) is 5.57. The summed E-state index contributed by atoms with van der Waals surface area (Å²) in [6.45, 7) is 2.14. The Kier molecular flexibility index (Phi) is 4.09. The number of nitrogens with one attached hydrogen (secondary N) is 1. The molecule has 1 unspecified atom stereocenters. The zero-order valence-corrected chi connectivity index (χ0v) is 11.7. The highest BCUT2D eigenvalue weighted by Gasteiger charge is 2.15. The first kappa shape index (κ1) is 12.5. The molecule has 2 aromatic heterocycles. The summed E-state index contributed by atoms with van der Waals surface area (Å²) in [6, 6.07) is 2.29. The van der Waals surface area contributed by atoms with Crippen molar-refractivity contribution < 1.29 is 4.74 Å². The summed E-state index contributed by atoms with van der Waals surface area (Å²) in [5.41, 5.74) is 0. The zero-order chi connectivity index (χ0) is 12.3. The highest BCUT2D eigenvalue weighted by atomic mass is 32.1. The molecular weight excluding hydrogens is 254 g/mol. The number of aromatic nitrogens is 2. The van der Waals surface area contributed by atoms with Gasteiger partial charge in [-0.15, -0.1) is 21.5 Å². The Morgan fingerprint density at radius 3 is 2.88 bits per heavy atom. The van der Waals surface area contributed by atoms with Crippen molar-refractivity contribution in [2.75, 3.05) is 14.2 Å². The Morgan fingerprint density at radius 1 is 1.47 bits per heavy atom. The van der Waals surface area contributed by atoms with E-state index < -0.39 is 0 Å². The molecule has 1 atom stereocenters. The van der Waals surface area contributed by atoms with Crippen LogP contribution >= 0.6 is 22.7 Å². The second-order valence-corrected chi connectivity index (χ2v) is 5.47. The summed E-state index contributed by atoms with van der Waals surface area (Å²) < 4.78 is 5.17. The molecule has 0 aliphatic rings. The molecule has 17 heavy (non-hydrogen) atoms. The lowest BCUT2D eigenvalue weighted by molar-refractivity contribution is 0.417. The first-order chi connectivity index (χ1) is 8.28. The van der Waals surface area contributed by atoms with E-state index >= 15 is 0 Å². The Morgan fingerprint density at radius 2 is 2.29 bits per heavy atom. The highest BCUT2D eigenvalue weighted by Crippen LogP contribution is 2.34. The molecule has 2 rings (SSSR count). The summed E-state index contributed by atoms with van der Waals surface area (Å²) in [5, 5.41) is 15.7. The minimum absolute atomic E-state index is 0.295. The van der Waals surface area contributed by atoms with Crippen LogP contribution in [0.4, 0.5) is 0 Å². The van der Waals surface area contributed by atoms with Crippen LogP contribution in [0, 0.1) is 0 Å². The predicted molar refractivity (Wildman–Crippen MR) is 71.9 cm³/mol. The molecule has 0 bridgehead atoms. The fourth-order valence-electron chi connectivity index (χ4n) is 1.52. The van der Waals surface area contributed by atoms with E-state index in [1.54, 1.807) is 29.8 Å². The molecule has 0 saturated carbocycles. The van der Waals surface area contributed by atoms with E-state index in [4.69, 9.17) is 4.74 Å². The number of rotatable bonds is 5. The molecule has 2 heterocycles. The lowest BCUT2D eigenvalue weighted by Gasteiger charge is -2.07. The van der Waals surface area contributed by atoms with Crippen molar-refractivity contribution in [1.82, 2.24) is 15.5 Å². The number of hydrogen-bond donors (Lipinski definition) is 1. The molecule has 6 heteroatoms. The van der Waals surface area contributed by atoms with Gasteiger partial charge in [-0.1, -0.05) is 18.3 Å². The van der Waals surface area contributed by atoms with Crippen LogP contribution in [0.1, 0.15) is 24.4 Å². The average Bonchev–Trinajstić information content (AvgIpc) is 2.98. The maximum Gasteiger partial charge on any atom is 0.158 e. The monoisotopic (exact) mass is 269 g/mol. The number of methoxy groups -OCH3 is 1. The summed E-state index contributed by atoms with van der Waals surface area (Å²) in [4.78, 5) is 1.11. The summed E-state index contributed by atoms with van der Waals surface area (Å²) in [7, 11) is 3.62. The smallest absolute Gasteiger partial charge is 0.158 e. The maximum absolute atomic E-state index is 5.17. The molecule has 0 saturated heterocycles. The number of hydrogen-bond acceptors (Lipinski definition) is 6. The fraction of sp³-hybridized carbons (Fsp3) is 0.455. The van der Waals surface area contributed by atoms with Crippen LogP contribution in [0.3, 0.4) is 0 Å². The molecule has 0 fully saturated rings. The van der Waals surface area contributed by atoms with Crippen molar-refractivity contribution >= 4 is 22.7 Å². The summed E-state index contributed by atoms with van der Waals surface area (Å²) >= 11 is 3.27. The number of thiophene rings is 1. The minimum atomic E-state index is 0.295. The zero-order valence-electron chi connectivity index (χ0n) is 10.1. The van der Waals surface area contributed by atoms with E-state index in [-0.39, 0.29) is 0 Å². The van der Waals surface area contributed by atoms with E-state index in [1.165, 1.54) is 0 Å². The lowest BCUT2D eigenvalue weighted by atomic mass is 10.2. The summed E-state index contributed by atoms with van der Waals surface area (Å²) in [6.07, 6.45) is 1.01. The van der Waals surface area contributed by atoms with E-state index in [0.29, 0.717) is 6.04 Å². The van der Waals surface area contributed by atoms with E-state index in [2.05, 4.69) is 22.4 Å². The van der Waals surface area contributed by atoms with Gasteiger partial charge in [0, 0.05) is 11.4 Å². The lowest BCUT2D eigenvalue weighted by Crippen LogP contribution is -2.14. The van der Waals surface area contributed by atoms with Crippen molar-refractivity contribution in [1.29, 1.82) is 0 Å². The minimum Gasteiger partial charge on any atom is -0.496 e. The highest BCUT2D eigenvalue weighted by molar-refractivity contribution is 7.20. The van der Waals surface area contributed by atoms with Gasteiger partial charge < -0.3 is 10.1 Å². The molecule has 0 radical (unpaired) electrons. The van der Waals surface area contributed by atoms with Gasteiger partial charge in [-0.2, -0.15) is 0 Å². The first-order valence-corrected chi connectivity index (χ1v) is 7.11. The molecule has 0 aliphatic heterocycles. The Hall–Kier alpha value is -0.980. The molecule has 0 aromatic carbocycles. The van der Waals surface area contributed by atoms with Crippen LogP contribution < -0.4 is 10.1 Å². The maximum atomic E-state index is 5.17. The average molecular weight is 269 g/mol. The van der Waals surface area contributed by atoms with E-state index in [9.17, 15) is 0 Å². The SMILES string of the molecule is CCC(NC)c1nnc(-c2cc(OC)cs2)s1. The van der Waals surface area contributed by atoms with Crippen LogP contribution in [-0.4, -0.2) is 24.4 Å². The van der Waals surface area contributed by atoms with Gasteiger partial charge in [0.15, 0.2) is 5.01 Å². The number of ether oxygens (including phenoxy) is 1. The number of nitrogens with zero attached hydrogens (tertiary/aromatic N) is 2. The molecule has 0 spiro atoms. The molecule has 0 amide bonds. The van der Waals surface area contributed by atoms with Gasteiger partial charge >= 0.3 is 0 Å². The third-order valence-corrected chi connectivity index (χ3v) is 4.63. The Labute approximate surface area is 109 Å². The van der Waals surface area contributed by atoms with Crippen molar-refractivity contribution in [2.24, 2.45) is 0 Å². The van der Waals surface area contributed by atoms with Gasteiger partial charge in [0.25, 0.3) is 0 Å². The van der Waals surface area contributed by atoms with Gasteiger partial charge in [0.05, 0.1) is 18.0 Å². The first-order valence-electron chi connectivity index (χ1n) is 5.42. The Bertz CT molecular complexity index is 477. The summed E-state index contributed by atoms with van der Waals surface area (Å²) in [5.74, 6) is 0.877. The normalized spacial score (nSPS) is 12.6. The standard InChI is InChI=1S/C11H15N3OS2/c1-4-8(12-2)10-13-14-11(17-10)9-5-7(15-3)6-16-9/h5-6,8,12H,4H2,1-3H3. The van der Waals surface area contributed by atoms with Gasteiger partial charge in [0.2, 0.25) is 0 Å². The van der Waals surface area contributed by atoms with Crippen molar-refractivity contribution in [2.45, 2.75) is 19.4 Å². The van der Waals surface area contributed by atoms with Gasteiger partial charge in [-0.3, -0.25) is 0 Å². The van der Waals surface area contributed by atoms with Crippen molar-refractivity contribution in [3.05, 3.63) is 16.5 Å². The quantitative estimate of drug-likeness (QED) is 0.906. The largest absolute Gasteiger partial charge is 0.496 e. The van der Waals surface area contributed by atoms with Crippen LogP contribution in [-0.2, 0) is 0 Å².